The van der Waals surface area contributed by atoms with Gasteiger partial charge in [-0.2, -0.15) is 0 Å². The van der Waals surface area contributed by atoms with Crippen molar-refractivity contribution in [3.8, 4) is 0 Å². The molecule has 2 aliphatic rings. The SMILES string of the molecule is CC1CCC2(CC1)C(=O)NC(=O)N2CCCn1ccnc1. The van der Waals surface area contributed by atoms with Crippen LogP contribution in [0.25, 0.3) is 0 Å². The van der Waals surface area contributed by atoms with Gasteiger partial charge in [0.2, 0.25) is 0 Å². The molecular weight excluding hydrogens is 268 g/mol. The van der Waals surface area contributed by atoms with E-state index in [9.17, 15) is 9.59 Å². The van der Waals surface area contributed by atoms with E-state index in [1.54, 1.807) is 17.4 Å². The standard InChI is InChI=1S/C15H22N4O2/c1-12-3-5-15(6-4-12)13(20)17-14(21)19(15)9-2-8-18-10-7-16-11-18/h7,10-12H,2-6,8-9H2,1H3,(H,17,20,21). The molecule has 0 bridgehead atoms. The minimum Gasteiger partial charge on any atom is -0.337 e. The third-order valence-corrected chi connectivity index (χ3v) is 4.86. The summed E-state index contributed by atoms with van der Waals surface area (Å²) in [6, 6.07) is -0.222. The second kappa shape index (κ2) is 5.50. The van der Waals surface area contributed by atoms with E-state index in [0.717, 1.165) is 38.6 Å². The normalized spacial score (nSPS) is 29.2. The third kappa shape index (κ3) is 2.54. The Balaban J connectivity index is 1.66. The van der Waals surface area contributed by atoms with Crippen LogP contribution >= 0.6 is 0 Å². The maximum Gasteiger partial charge on any atom is 0.325 e. The van der Waals surface area contributed by atoms with Crippen LogP contribution in [-0.4, -0.2) is 38.5 Å². The van der Waals surface area contributed by atoms with Crippen LogP contribution < -0.4 is 5.32 Å². The predicted molar refractivity (Wildman–Crippen MR) is 77.5 cm³/mol. The molecule has 1 saturated heterocycles. The van der Waals surface area contributed by atoms with Crippen LogP contribution in [0, 0.1) is 5.92 Å². The molecule has 2 heterocycles. The predicted octanol–water partition coefficient (Wildman–Crippen LogP) is 1.77. The van der Waals surface area contributed by atoms with Crippen molar-refractivity contribution < 1.29 is 9.59 Å². The van der Waals surface area contributed by atoms with Crippen molar-refractivity contribution in [2.24, 2.45) is 5.92 Å². The molecule has 0 radical (unpaired) electrons. The minimum absolute atomic E-state index is 0.0953. The topological polar surface area (TPSA) is 67.2 Å². The van der Waals surface area contributed by atoms with Crippen LogP contribution in [-0.2, 0) is 11.3 Å². The lowest BCUT2D eigenvalue weighted by molar-refractivity contribution is -0.128. The number of aryl methyl sites for hydroxylation is 1. The fourth-order valence-corrected chi connectivity index (χ4v) is 3.48. The third-order valence-electron chi connectivity index (χ3n) is 4.86. The molecule has 1 aliphatic carbocycles. The number of amides is 3. The maximum absolute atomic E-state index is 12.3. The minimum atomic E-state index is -0.585. The highest BCUT2D eigenvalue weighted by Crippen LogP contribution is 2.39. The second-order valence-corrected chi connectivity index (χ2v) is 6.28. The van der Waals surface area contributed by atoms with Gasteiger partial charge in [0, 0.05) is 25.5 Å². The average molecular weight is 290 g/mol. The van der Waals surface area contributed by atoms with Crippen molar-refractivity contribution in [2.75, 3.05) is 6.54 Å². The van der Waals surface area contributed by atoms with Gasteiger partial charge in [-0.3, -0.25) is 10.1 Å². The number of nitrogens with one attached hydrogen (secondary N) is 1. The lowest BCUT2D eigenvalue weighted by atomic mass is 9.76. The van der Waals surface area contributed by atoms with Gasteiger partial charge in [0.1, 0.15) is 5.54 Å². The molecule has 0 unspecified atom stereocenters. The number of hydrogen-bond donors (Lipinski definition) is 1. The number of rotatable bonds is 4. The van der Waals surface area contributed by atoms with Crippen LogP contribution in [0.5, 0.6) is 0 Å². The fourth-order valence-electron chi connectivity index (χ4n) is 3.48. The fraction of sp³-hybridized carbons (Fsp3) is 0.667. The summed E-state index contributed by atoms with van der Waals surface area (Å²) in [6.07, 6.45) is 9.86. The zero-order chi connectivity index (χ0) is 14.9. The van der Waals surface area contributed by atoms with Gasteiger partial charge in [0.25, 0.3) is 5.91 Å². The molecule has 1 aliphatic heterocycles. The summed E-state index contributed by atoms with van der Waals surface area (Å²) < 4.78 is 1.99. The monoisotopic (exact) mass is 290 g/mol. The summed E-state index contributed by atoms with van der Waals surface area (Å²) in [5.74, 6) is 0.550. The van der Waals surface area contributed by atoms with E-state index in [1.165, 1.54) is 0 Å². The van der Waals surface area contributed by atoms with E-state index in [4.69, 9.17) is 0 Å². The first-order chi connectivity index (χ1) is 10.1. The number of imide groups is 1. The molecule has 1 aromatic heterocycles. The van der Waals surface area contributed by atoms with Crippen LogP contribution in [0.4, 0.5) is 4.79 Å². The molecule has 1 aromatic rings. The maximum atomic E-state index is 12.3. The van der Waals surface area contributed by atoms with Gasteiger partial charge in [0.05, 0.1) is 6.33 Å². The van der Waals surface area contributed by atoms with E-state index in [-0.39, 0.29) is 11.9 Å². The average Bonchev–Trinajstić information content (AvgIpc) is 3.04. The number of nitrogens with zero attached hydrogens (tertiary/aromatic N) is 3. The summed E-state index contributed by atoms with van der Waals surface area (Å²) in [4.78, 5) is 30.2. The molecule has 2 fully saturated rings. The first-order valence-electron chi connectivity index (χ1n) is 7.70. The van der Waals surface area contributed by atoms with Gasteiger partial charge in [-0.15, -0.1) is 0 Å². The number of imidazole rings is 1. The van der Waals surface area contributed by atoms with Gasteiger partial charge < -0.3 is 9.47 Å². The van der Waals surface area contributed by atoms with E-state index < -0.39 is 5.54 Å². The summed E-state index contributed by atoms with van der Waals surface area (Å²) in [7, 11) is 0. The molecule has 3 amide bonds. The van der Waals surface area contributed by atoms with Crippen molar-refractivity contribution in [1.82, 2.24) is 19.8 Å². The molecule has 1 spiro atoms. The van der Waals surface area contributed by atoms with E-state index in [2.05, 4.69) is 17.2 Å². The van der Waals surface area contributed by atoms with Gasteiger partial charge in [-0.25, -0.2) is 9.78 Å². The number of hydrogen-bond acceptors (Lipinski definition) is 3. The van der Waals surface area contributed by atoms with Crippen LogP contribution in [0.1, 0.15) is 39.0 Å². The number of carbonyl (C=O) groups excluding carboxylic acids is 2. The first-order valence-corrected chi connectivity index (χ1v) is 7.70. The summed E-state index contributed by atoms with van der Waals surface area (Å²) in [5, 5.41) is 2.51. The Morgan fingerprint density at radius 2 is 2.10 bits per heavy atom. The van der Waals surface area contributed by atoms with Gasteiger partial charge in [0.15, 0.2) is 0 Å². The van der Waals surface area contributed by atoms with E-state index in [1.807, 2.05) is 10.8 Å². The molecule has 114 valence electrons. The molecule has 1 saturated carbocycles. The Bertz CT molecular complexity index is 518. The highest BCUT2D eigenvalue weighted by atomic mass is 16.2. The van der Waals surface area contributed by atoms with Crippen LogP contribution in [0.15, 0.2) is 18.7 Å². The van der Waals surface area contributed by atoms with Crippen molar-refractivity contribution in [1.29, 1.82) is 0 Å². The largest absolute Gasteiger partial charge is 0.337 e. The summed E-state index contributed by atoms with van der Waals surface area (Å²) >= 11 is 0. The van der Waals surface area contributed by atoms with Gasteiger partial charge >= 0.3 is 6.03 Å². The number of urea groups is 1. The highest BCUT2D eigenvalue weighted by molar-refractivity contribution is 6.07. The summed E-state index contributed by atoms with van der Waals surface area (Å²) in [5.41, 5.74) is -0.585. The van der Waals surface area contributed by atoms with Gasteiger partial charge in [-0.1, -0.05) is 6.92 Å². The lowest BCUT2D eigenvalue weighted by Gasteiger charge is -2.40. The number of aromatic nitrogens is 2. The molecule has 6 heteroatoms. The molecule has 3 rings (SSSR count). The van der Waals surface area contributed by atoms with Crippen molar-refractivity contribution >= 4 is 11.9 Å². The van der Waals surface area contributed by atoms with Crippen LogP contribution in [0.2, 0.25) is 0 Å². The highest BCUT2D eigenvalue weighted by Gasteiger charge is 2.53. The molecule has 6 nitrogen and oxygen atoms in total. The Labute approximate surface area is 124 Å². The van der Waals surface area contributed by atoms with E-state index in [0.29, 0.717) is 12.5 Å². The molecular formula is C15H22N4O2. The Morgan fingerprint density at radius 3 is 2.76 bits per heavy atom. The van der Waals surface area contributed by atoms with Crippen molar-refractivity contribution in [3.05, 3.63) is 18.7 Å². The van der Waals surface area contributed by atoms with Crippen molar-refractivity contribution in [2.45, 2.75) is 51.1 Å². The molecule has 1 N–H and O–H groups in total. The molecule has 0 atom stereocenters. The Hall–Kier alpha value is -1.85. The first kappa shape index (κ1) is 14.1. The summed E-state index contributed by atoms with van der Waals surface area (Å²) in [6.45, 7) is 3.64. The quantitative estimate of drug-likeness (QED) is 0.859. The van der Waals surface area contributed by atoms with E-state index >= 15 is 0 Å². The van der Waals surface area contributed by atoms with Gasteiger partial charge in [-0.05, 0) is 38.0 Å². The van der Waals surface area contributed by atoms with Crippen LogP contribution in [0.3, 0.4) is 0 Å². The zero-order valence-corrected chi connectivity index (χ0v) is 12.4. The van der Waals surface area contributed by atoms with Crippen molar-refractivity contribution in [3.63, 3.8) is 0 Å². The number of carbonyl (C=O) groups is 2. The zero-order valence-electron chi connectivity index (χ0n) is 12.4. The Kier molecular flexibility index (Phi) is 3.69. The second-order valence-electron chi connectivity index (χ2n) is 6.28. The molecule has 21 heavy (non-hydrogen) atoms. The Morgan fingerprint density at radius 1 is 1.33 bits per heavy atom. The molecule has 0 aromatic carbocycles. The lowest BCUT2D eigenvalue weighted by Crippen LogP contribution is -2.52. The smallest absolute Gasteiger partial charge is 0.325 e.